The number of benzene rings is 1. The van der Waals surface area contributed by atoms with Gasteiger partial charge in [-0.1, -0.05) is 19.1 Å². The molecule has 1 rings (SSSR count). The molecule has 1 aromatic rings. The van der Waals surface area contributed by atoms with Crippen LogP contribution in [0.15, 0.2) is 18.2 Å². The number of aliphatic hydroxyl groups is 1. The Labute approximate surface area is 114 Å². The molecule has 0 saturated heterocycles. The molecule has 0 aromatic heterocycles. The van der Waals surface area contributed by atoms with Crippen molar-refractivity contribution in [3.63, 3.8) is 0 Å². The Hall–Kier alpha value is -1.27. The zero-order valence-electron chi connectivity index (χ0n) is 11.3. The maximum absolute atomic E-state index is 11.3. The zero-order chi connectivity index (χ0) is 14.3. The Morgan fingerprint density at radius 1 is 1.32 bits per heavy atom. The van der Waals surface area contributed by atoms with Gasteiger partial charge in [0.25, 0.3) is 0 Å². The van der Waals surface area contributed by atoms with E-state index in [9.17, 15) is 13.5 Å². The van der Waals surface area contributed by atoms with Crippen molar-refractivity contribution in [3.05, 3.63) is 23.8 Å². The smallest absolute Gasteiger partial charge is 0.166 e. The van der Waals surface area contributed by atoms with Crippen LogP contribution in [0.1, 0.15) is 18.9 Å². The van der Waals surface area contributed by atoms with Gasteiger partial charge >= 0.3 is 0 Å². The standard InChI is InChI=1S/C13H20O5S/c1-3-19(15,16)9-5-8-18-13-11(10-14)6-4-7-12(13)17-2/h4,6-7,14H,3,5,8-10H2,1-2H3. The van der Waals surface area contributed by atoms with Gasteiger partial charge in [-0.15, -0.1) is 0 Å². The third kappa shape index (κ3) is 4.72. The molecule has 6 heteroatoms. The summed E-state index contributed by atoms with van der Waals surface area (Å²) in [5, 5.41) is 9.23. The predicted octanol–water partition coefficient (Wildman–Crippen LogP) is 1.39. The monoisotopic (exact) mass is 288 g/mol. The minimum absolute atomic E-state index is 0.104. The molecule has 108 valence electrons. The fourth-order valence-corrected chi connectivity index (χ4v) is 2.45. The Morgan fingerprint density at radius 2 is 2.05 bits per heavy atom. The van der Waals surface area contributed by atoms with Crippen molar-refractivity contribution in [2.75, 3.05) is 25.2 Å². The van der Waals surface area contributed by atoms with Gasteiger partial charge in [0.15, 0.2) is 11.5 Å². The average molecular weight is 288 g/mol. The van der Waals surface area contributed by atoms with Gasteiger partial charge in [-0.25, -0.2) is 8.42 Å². The Bertz CT molecular complexity index is 474. The minimum Gasteiger partial charge on any atom is -0.493 e. The number of ether oxygens (including phenoxy) is 2. The van der Waals surface area contributed by atoms with E-state index in [2.05, 4.69) is 0 Å². The highest BCUT2D eigenvalue weighted by Gasteiger charge is 2.11. The Morgan fingerprint density at radius 3 is 2.63 bits per heavy atom. The average Bonchev–Trinajstić information content (AvgIpc) is 2.43. The molecular formula is C13H20O5S. The van der Waals surface area contributed by atoms with E-state index in [-0.39, 0.29) is 24.7 Å². The lowest BCUT2D eigenvalue weighted by molar-refractivity contribution is 0.255. The van der Waals surface area contributed by atoms with Crippen LogP contribution in [-0.4, -0.2) is 38.7 Å². The second-order valence-corrected chi connectivity index (χ2v) is 6.52. The van der Waals surface area contributed by atoms with Crippen LogP contribution < -0.4 is 9.47 Å². The molecule has 19 heavy (non-hydrogen) atoms. The summed E-state index contributed by atoms with van der Waals surface area (Å²) in [6.45, 7) is 1.74. The first-order chi connectivity index (χ1) is 9.04. The second kappa shape index (κ2) is 7.35. The summed E-state index contributed by atoms with van der Waals surface area (Å²) in [6, 6.07) is 5.23. The molecule has 0 radical (unpaired) electrons. The van der Waals surface area contributed by atoms with Gasteiger partial charge in [0.05, 0.1) is 26.1 Å². The van der Waals surface area contributed by atoms with Gasteiger partial charge in [0, 0.05) is 11.3 Å². The van der Waals surface area contributed by atoms with Crippen LogP contribution in [0.4, 0.5) is 0 Å². The fourth-order valence-electron chi connectivity index (χ4n) is 1.61. The van der Waals surface area contributed by atoms with Gasteiger partial charge in [0.1, 0.15) is 9.84 Å². The lowest BCUT2D eigenvalue weighted by Gasteiger charge is -2.13. The van der Waals surface area contributed by atoms with Crippen molar-refractivity contribution >= 4 is 9.84 Å². The lowest BCUT2D eigenvalue weighted by Crippen LogP contribution is -2.12. The Kier molecular flexibility index (Phi) is 6.11. The third-order valence-electron chi connectivity index (χ3n) is 2.74. The summed E-state index contributed by atoms with van der Waals surface area (Å²) >= 11 is 0. The van der Waals surface area contributed by atoms with Crippen molar-refractivity contribution in [2.45, 2.75) is 20.0 Å². The molecule has 1 N–H and O–H groups in total. The Balaban J connectivity index is 2.62. The molecule has 0 fully saturated rings. The largest absolute Gasteiger partial charge is 0.493 e. The number of hydrogen-bond acceptors (Lipinski definition) is 5. The van der Waals surface area contributed by atoms with Gasteiger partial charge in [-0.3, -0.25) is 0 Å². The van der Waals surface area contributed by atoms with E-state index in [1.807, 2.05) is 0 Å². The molecule has 0 bridgehead atoms. The van der Waals surface area contributed by atoms with Crippen LogP contribution in [0, 0.1) is 0 Å². The molecule has 0 aliphatic rings. The second-order valence-electron chi connectivity index (χ2n) is 4.05. The predicted molar refractivity (Wildman–Crippen MR) is 73.4 cm³/mol. The van der Waals surface area contributed by atoms with Gasteiger partial charge < -0.3 is 14.6 Å². The first kappa shape index (κ1) is 15.8. The third-order valence-corrected chi connectivity index (χ3v) is 4.53. The molecule has 5 nitrogen and oxygen atoms in total. The summed E-state index contributed by atoms with van der Waals surface area (Å²) in [7, 11) is -1.45. The quantitative estimate of drug-likeness (QED) is 0.732. The zero-order valence-corrected chi connectivity index (χ0v) is 12.1. The van der Waals surface area contributed by atoms with Crippen molar-refractivity contribution < 1.29 is 23.0 Å². The van der Waals surface area contributed by atoms with Gasteiger partial charge in [-0.05, 0) is 12.5 Å². The van der Waals surface area contributed by atoms with Crippen LogP contribution in [-0.2, 0) is 16.4 Å². The first-order valence-electron chi connectivity index (χ1n) is 6.14. The number of para-hydroxylation sites is 1. The van der Waals surface area contributed by atoms with Crippen LogP contribution >= 0.6 is 0 Å². The van der Waals surface area contributed by atoms with Crippen molar-refractivity contribution in [1.82, 2.24) is 0 Å². The van der Waals surface area contributed by atoms with E-state index in [0.717, 1.165) is 0 Å². The van der Waals surface area contributed by atoms with E-state index in [0.29, 0.717) is 23.5 Å². The van der Waals surface area contributed by atoms with Crippen molar-refractivity contribution in [3.8, 4) is 11.5 Å². The molecular weight excluding hydrogens is 268 g/mol. The molecule has 0 saturated carbocycles. The lowest BCUT2D eigenvalue weighted by atomic mass is 10.2. The summed E-state index contributed by atoms with van der Waals surface area (Å²) in [5.41, 5.74) is 0.623. The molecule has 0 aliphatic carbocycles. The summed E-state index contributed by atoms with van der Waals surface area (Å²) in [4.78, 5) is 0. The molecule has 0 atom stereocenters. The van der Waals surface area contributed by atoms with Crippen LogP contribution in [0.3, 0.4) is 0 Å². The molecule has 0 heterocycles. The number of hydrogen-bond donors (Lipinski definition) is 1. The van der Waals surface area contributed by atoms with Gasteiger partial charge in [-0.2, -0.15) is 0 Å². The van der Waals surface area contributed by atoms with E-state index >= 15 is 0 Å². The number of aliphatic hydroxyl groups excluding tert-OH is 1. The van der Waals surface area contributed by atoms with Crippen LogP contribution in [0.2, 0.25) is 0 Å². The highest BCUT2D eigenvalue weighted by molar-refractivity contribution is 7.91. The van der Waals surface area contributed by atoms with Crippen LogP contribution in [0.5, 0.6) is 11.5 Å². The maximum Gasteiger partial charge on any atom is 0.166 e. The van der Waals surface area contributed by atoms with E-state index < -0.39 is 9.84 Å². The number of sulfone groups is 1. The normalized spacial score (nSPS) is 11.3. The highest BCUT2D eigenvalue weighted by Crippen LogP contribution is 2.31. The highest BCUT2D eigenvalue weighted by atomic mass is 32.2. The first-order valence-corrected chi connectivity index (χ1v) is 7.96. The summed E-state index contributed by atoms with van der Waals surface area (Å²) < 4.78 is 33.4. The van der Waals surface area contributed by atoms with E-state index in [4.69, 9.17) is 9.47 Å². The SMILES string of the molecule is CCS(=O)(=O)CCCOc1c(CO)cccc1OC. The van der Waals surface area contributed by atoms with Crippen LogP contribution in [0.25, 0.3) is 0 Å². The molecule has 0 spiro atoms. The summed E-state index contributed by atoms with van der Waals surface area (Å²) in [6.07, 6.45) is 0.416. The molecule has 0 unspecified atom stereocenters. The summed E-state index contributed by atoms with van der Waals surface area (Å²) in [5.74, 6) is 1.25. The number of rotatable bonds is 8. The molecule has 0 aliphatic heterocycles. The van der Waals surface area contributed by atoms with Crippen molar-refractivity contribution in [1.29, 1.82) is 0 Å². The maximum atomic E-state index is 11.3. The van der Waals surface area contributed by atoms with E-state index in [1.165, 1.54) is 7.11 Å². The molecule has 1 aromatic carbocycles. The van der Waals surface area contributed by atoms with E-state index in [1.54, 1.807) is 25.1 Å². The fraction of sp³-hybridized carbons (Fsp3) is 0.538. The number of methoxy groups -OCH3 is 1. The molecule has 0 amide bonds. The minimum atomic E-state index is -2.97. The van der Waals surface area contributed by atoms with Crippen molar-refractivity contribution in [2.24, 2.45) is 0 Å². The topological polar surface area (TPSA) is 72.8 Å². The van der Waals surface area contributed by atoms with Gasteiger partial charge in [0.2, 0.25) is 0 Å².